The molecule has 0 radical (unpaired) electrons. The van der Waals surface area contributed by atoms with Gasteiger partial charge in [-0.25, -0.2) is 0 Å². The lowest BCUT2D eigenvalue weighted by Crippen LogP contribution is -2.25. The standard InChI is InChI=1S/C15H20N2/c1-2-17-9-8-14(12-17)11-15(16)10-13-6-4-3-5-7-13/h3-9,12,15H,2,10-11,16H2,1H3. The molecule has 0 amide bonds. The average Bonchev–Trinajstić information content (AvgIpc) is 2.78. The maximum absolute atomic E-state index is 6.18. The summed E-state index contributed by atoms with van der Waals surface area (Å²) in [5, 5.41) is 0. The van der Waals surface area contributed by atoms with Gasteiger partial charge in [-0.05, 0) is 37.0 Å². The molecular weight excluding hydrogens is 208 g/mol. The van der Waals surface area contributed by atoms with Crippen LogP contribution in [-0.2, 0) is 19.4 Å². The molecule has 0 aliphatic heterocycles. The van der Waals surface area contributed by atoms with Crippen LogP contribution in [0.25, 0.3) is 0 Å². The molecule has 0 spiro atoms. The molecule has 0 aliphatic carbocycles. The van der Waals surface area contributed by atoms with Gasteiger partial charge in [0.15, 0.2) is 0 Å². The molecule has 2 nitrogen and oxygen atoms in total. The van der Waals surface area contributed by atoms with Crippen LogP contribution in [0.15, 0.2) is 48.8 Å². The number of aromatic nitrogens is 1. The predicted molar refractivity (Wildman–Crippen MR) is 71.9 cm³/mol. The minimum absolute atomic E-state index is 0.199. The zero-order valence-corrected chi connectivity index (χ0v) is 10.3. The Labute approximate surface area is 103 Å². The smallest absolute Gasteiger partial charge is 0.0191 e. The number of nitrogens with two attached hydrogens (primary N) is 1. The highest BCUT2D eigenvalue weighted by molar-refractivity contribution is 5.18. The monoisotopic (exact) mass is 228 g/mol. The molecule has 0 saturated heterocycles. The Hall–Kier alpha value is -1.54. The first-order chi connectivity index (χ1) is 8.28. The van der Waals surface area contributed by atoms with Gasteiger partial charge in [-0.3, -0.25) is 0 Å². The zero-order chi connectivity index (χ0) is 12.1. The van der Waals surface area contributed by atoms with E-state index in [9.17, 15) is 0 Å². The number of rotatable bonds is 5. The summed E-state index contributed by atoms with van der Waals surface area (Å²) in [7, 11) is 0. The summed E-state index contributed by atoms with van der Waals surface area (Å²) in [6.07, 6.45) is 6.19. The van der Waals surface area contributed by atoms with Crippen LogP contribution in [0.5, 0.6) is 0 Å². The van der Waals surface area contributed by atoms with Crippen molar-refractivity contribution in [1.29, 1.82) is 0 Å². The van der Waals surface area contributed by atoms with E-state index in [1.165, 1.54) is 11.1 Å². The third-order valence-corrected chi connectivity index (χ3v) is 3.02. The third-order valence-electron chi connectivity index (χ3n) is 3.02. The van der Waals surface area contributed by atoms with Crippen molar-refractivity contribution in [2.75, 3.05) is 0 Å². The normalized spacial score (nSPS) is 12.6. The predicted octanol–water partition coefficient (Wildman–Crippen LogP) is 2.62. The third kappa shape index (κ3) is 3.46. The molecule has 2 N–H and O–H groups in total. The molecule has 1 heterocycles. The van der Waals surface area contributed by atoms with Gasteiger partial charge in [0, 0.05) is 25.0 Å². The van der Waals surface area contributed by atoms with Crippen molar-refractivity contribution in [3.05, 3.63) is 59.9 Å². The molecule has 0 fully saturated rings. The molecule has 0 bridgehead atoms. The Bertz CT molecular complexity index is 445. The number of benzene rings is 1. The molecule has 2 rings (SSSR count). The van der Waals surface area contributed by atoms with Crippen molar-refractivity contribution in [2.24, 2.45) is 5.73 Å². The molecule has 90 valence electrons. The quantitative estimate of drug-likeness (QED) is 0.838. The first kappa shape index (κ1) is 11.9. The summed E-state index contributed by atoms with van der Waals surface area (Å²) in [6.45, 7) is 3.17. The van der Waals surface area contributed by atoms with Crippen LogP contribution in [0, 0.1) is 0 Å². The van der Waals surface area contributed by atoms with Crippen molar-refractivity contribution in [3.63, 3.8) is 0 Å². The first-order valence-electron chi connectivity index (χ1n) is 6.22. The molecule has 17 heavy (non-hydrogen) atoms. The van der Waals surface area contributed by atoms with Gasteiger partial charge in [0.2, 0.25) is 0 Å². The summed E-state index contributed by atoms with van der Waals surface area (Å²) >= 11 is 0. The van der Waals surface area contributed by atoms with E-state index in [0.717, 1.165) is 19.4 Å². The summed E-state index contributed by atoms with van der Waals surface area (Å²) < 4.78 is 2.19. The topological polar surface area (TPSA) is 30.9 Å². The Morgan fingerprint density at radius 2 is 1.76 bits per heavy atom. The second-order valence-corrected chi connectivity index (χ2v) is 4.50. The molecule has 2 aromatic rings. The zero-order valence-electron chi connectivity index (χ0n) is 10.3. The van der Waals surface area contributed by atoms with Crippen molar-refractivity contribution in [3.8, 4) is 0 Å². The summed E-state index contributed by atoms with van der Waals surface area (Å²) in [4.78, 5) is 0. The lowest BCUT2D eigenvalue weighted by Gasteiger charge is -2.10. The van der Waals surface area contributed by atoms with E-state index in [1.54, 1.807) is 0 Å². The fraction of sp³-hybridized carbons (Fsp3) is 0.333. The minimum Gasteiger partial charge on any atom is -0.354 e. The average molecular weight is 228 g/mol. The SMILES string of the molecule is CCn1ccc(CC(N)Cc2ccccc2)c1. The number of nitrogens with zero attached hydrogens (tertiary/aromatic N) is 1. The maximum atomic E-state index is 6.18. The van der Waals surface area contributed by atoms with Crippen molar-refractivity contribution < 1.29 is 0 Å². The summed E-state index contributed by atoms with van der Waals surface area (Å²) in [6, 6.07) is 12.8. The summed E-state index contributed by atoms with van der Waals surface area (Å²) in [5.41, 5.74) is 8.82. The minimum atomic E-state index is 0.199. The highest BCUT2D eigenvalue weighted by Crippen LogP contribution is 2.08. The largest absolute Gasteiger partial charge is 0.354 e. The van der Waals surface area contributed by atoms with Crippen molar-refractivity contribution >= 4 is 0 Å². The maximum Gasteiger partial charge on any atom is 0.0191 e. The second-order valence-electron chi connectivity index (χ2n) is 4.50. The van der Waals surface area contributed by atoms with Crippen LogP contribution in [0.2, 0.25) is 0 Å². The number of hydrogen-bond acceptors (Lipinski definition) is 1. The summed E-state index contributed by atoms with van der Waals surface area (Å²) in [5.74, 6) is 0. The van der Waals surface area contributed by atoms with Gasteiger partial charge in [0.1, 0.15) is 0 Å². The Morgan fingerprint density at radius 1 is 1.06 bits per heavy atom. The highest BCUT2D eigenvalue weighted by Gasteiger charge is 2.06. The molecule has 2 heteroatoms. The first-order valence-corrected chi connectivity index (χ1v) is 6.22. The van der Waals surface area contributed by atoms with Gasteiger partial charge >= 0.3 is 0 Å². The van der Waals surface area contributed by atoms with E-state index in [2.05, 4.69) is 54.2 Å². The van der Waals surface area contributed by atoms with Crippen LogP contribution in [0.3, 0.4) is 0 Å². The molecule has 1 atom stereocenters. The van der Waals surface area contributed by atoms with Crippen LogP contribution in [0.1, 0.15) is 18.1 Å². The van der Waals surface area contributed by atoms with Crippen LogP contribution < -0.4 is 5.73 Å². The second kappa shape index (κ2) is 5.69. The Kier molecular flexibility index (Phi) is 3.99. The Balaban J connectivity index is 1.91. The molecule has 1 aromatic carbocycles. The molecule has 1 unspecified atom stereocenters. The van der Waals surface area contributed by atoms with E-state index >= 15 is 0 Å². The van der Waals surface area contributed by atoms with Gasteiger partial charge in [-0.1, -0.05) is 30.3 Å². The Morgan fingerprint density at radius 3 is 2.41 bits per heavy atom. The lowest BCUT2D eigenvalue weighted by atomic mass is 10.0. The number of aryl methyl sites for hydroxylation is 1. The van der Waals surface area contributed by atoms with E-state index in [0.29, 0.717) is 0 Å². The molecule has 0 aliphatic rings. The van der Waals surface area contributed by atoms with Gasteiger partial charge in [0.25, 0.3) is 0 Å². The molecule has 1 aromatic heterocycles. The van der Waals surface area contributed by atoms with Gasteiger partial charge < -0.3 is 10.3 Å². The van der Waals surface area contributed by atoms with Crippen molar-refractivity contribution in [2.45, 2.75) is 32.4 Å². The van der Waals surface area contributed by atoms with E-state index < -0.39 is 0 Å². The lowest BCUT2D eigenvalue weighted by molar-refractivity contribution is 0.662. The molecule has 0 saturated carbocycles. The highest BCUT2D eigenvalue weighted by atomic mass is 14.9. The van der Waals surface area contributed by atoms with E-state index in [4.69, 9.17) is 5.73 Å². The van der Waals surface area contributed by atoms with Crippen LogP contribution in [-0.4, -0.2) is 10.6 Å². The van der Waals surface area contributed by atoms with E-state index in [1.807, 2.05) is 6.07 Å². The van der Waals surface area contributed by atoms with Gasteiger partial charge in [-0.15, -0.1) is 0 Å². The number of hydrogen-bond donors (Lipinski definition) is 1. The van der Waals surface area contributed by atoms with Crippen LogP contribution >= 0.6 is 0 Å². The van der Waals surface area contributed by atoms with Gasteiger partial charge in [0.05, 0.1) is 0 Å². The fourth-order valence-electron chi connectivity index (χ4n) is 2.10. The fourth-order valence-corrected chi connectivity index (χ4v) is 2.10. The van der Waals surface area contributed by atoms with Crippen molar-refractivity contribution in [1.82, 2.24) is 4.57 Å². The molecular formula is C15H20N2. The van der Waals surface area contributed by atoms with Gasteiger partial charge in [-0.2, -0.15) is 0 Å². The van der Waals surface area contributed by atoms with Crippen LogP contribution in [0.4, 0.5) is 0 Å². The van der Waals surface area contributed by atoms with E-state index in [-0.39, 0.29) is 6.04 Å².